The van der Waals surface area contributed by atoms with Crippen LogP contribution >= 0.6 is 11.3 Å². The standard InChI is InChI=1S/C23H23N5O3S/c1-15-5-11-19(12-6-15)31-13-3-4-21(30)25-22-26-23-28(27-22)20(14-32-23)17-7-9-18(10-8-17)24-16(2)29/h5-12,14H,3-4,13H2,1-2H3,(H,24,29)(H,25,27,30). The average Bonchev–Trinajstić information content (AvgIpc) is 3.33. The number of amides is 2. The van der Waals surface area contributed by atoms with Crippen molar-refractivity contribution >= 4 is 39.7 Å². The van der Waals surface area contributed by atoms with E-state index in [0.717, 1.165) is 22.7 Å². The average molecular weight is 450 g/mol. The molecule has 32 heavy (non-hydrogen) atoms. The van der Waals surface area contributed by atoms with Crippen LogP contribution in [0.5, 0.6) is 5.75 Å². The van der Waals surface area contributed by atoms with E-state index in [1.54, 1.807) is 4.52 Å². The minimum atomic E-state index is -0.156. The monoisotopic (exact) mass is 449 g/mol. The molecule has 9 heteroatoms. The summed E-state index contributed by atoms with van der Waals surface area (Å²) in [6, 6.07) is 15.3. The summed E-state index contributed by atoms with van der Waals surface area (Å²) in [6.45, 7) is 3.95. The van der Waals surface area contributed by atoms with E-state index >= 15 is 0 Å². The summed E-state index contributed by atoms with van der Waals surface area (Å²) < 4.78 is 7.36. The zero-order valence-electron chi connectivity index (χ0n) is 17.8. The van der Waals surface area contributed by atoms with Gasteiger partial charge in [-0.3, -0.25) is 14.9 Å². The largest absolute Gasteiger partial charge is 0.494 e. The number of hydrogen-bond acceptors (Lipinski definition) is 6. The number of ether oxygens (including phenoxy) is 1. The molecule has 0 radical (unpaired) electrons. The number of anilines is 2. The topological polar surface area (TPSA) is 97.6 Å². The summed E-state index contributed by atoms with van der Waals surface area (Å²) in [4.78, 5) is 28.5. The van der Waals surface area contributed by atoms with Crippen molar-refractivity contribution in [2.45, 2.75) is 26.7 Å². The number of nitrogens with zero attached hydrogens (tertiary/aromatic N) is 3. The van der Waals surface area contributed by atoms with E-state index in [1.165, 1.54) is 23.8 Å². The Labute approximate surface area is 189 Å². The van der Waals surface area contributed by atoms with Crippen LogP contribution in [0.15, 0.2) is 53.9 Å². The fourth-order valence-corrected chi connectivity index (χ4v) is 3.94. The Morgan fingerprint density at radius 1 is 1.06 bits per heavy atom. The maximum absolute atomic E-state index is 12.3. The van der Waals surface area contributed by atoms with Crippen molar-refractivity contribution in [3.8, 4) is 17.0 Å². The van der Waals surface area contributed by atoms with Gasteiger partial charge in [0.15, 0.2) is 0 Å². The Bertz CT molecular complexity index is 1230. The third-order valence-electron chi connectivity index (χ3n) is 4.67. The minimum Gasteiger partial charge on any atom is -0.494 e. The lowest BCUT2D eigenvalue weighted by atomic mass is 10.1. The Balaban J connectivity index is 1.33. The highest BCUT2D eigenvalue weighted by molar-refractivity contribution is 7.15. The molecule has 2 amide bonds. The Morgan fingerprint density at radius 3 is 2.53 bits per heavy atom. The molecule has 8 nitrogen and oxygen atoms in total. The van der Waals surface area contributed by atoms with Crippen LogP contribution in [0.25, 0.3) is 16.2 Å². The predicted molar refractivity (Wildman–Crippen MR) is 125 cm³/mol. The Hall–Kier alpha value is -3.72. The molecule has 4 rings (SSSR count). The van der Waals surface area contributed by atoms with Crippen molar-refractivity contribution in [2.75, 3.05) is 17.2 Å². The summed E-state index contributed by atoms with van der Waals surface area (Å²) in [6.07, 6.45) is 0.907. The summed E-state index contributed by atoms with van der Waals surface area (Å²) in [5, 5.41) is 11.9. The van der Waals surface area contributed by atoms with Crippen LogP contribution in [-0.4, -0.2) is 33.0 Å². The number of hydrogen-bond donors (Lipinski definition) is 2. The number of aryl methyl sites for hydroxylation is 1. The van der Waals surface area contributed by atoms with Crippen LogP contribution in [0.3, 0.4) is 0 Å². The van der Waals surface area contributed by atoms with E-state index < -0.39 is 0 Å². The molecular weight excluding hydrogens is 426 g/mol. The van der Waals surface area contributed by atoms with Gasteiger partial charge in [0.2, 0.25) is 22.7 Å². The van der Waals surface area contributed by atoms with Crippen molar-refractivity contribution in [3.05, 3.63) is 59.5 Å². The van der Waals surface area contributed by atoms with Gasteiger partial charge in [0, 0.05) is 30.0 Å². The van der Waals surface area contributed by atoms with E-state index in [-0.39, 0.29) is 17.8 Å². The maximum atomic E-state index is 12.3. The van der Waals surface area contributed by atoms with Crippen molar-refractivity contribution in [2.24, 2.45) is 0 Å². The predicted octanol–water partition coefficient (Wildman–Crippen LogP) is 4.52. The minimum absolute atomic E-state index is 0.117. The van der Waals surface area contributed by atoms with E-state index in [0.29, 0.717) is 24.4 Å². The van der Waals surface area contributed by atoms with Crippen LogP contribution in [0, 0.1) is 6.92 Å². The van der Waals surface area contributed by atoms with Crippen molar-refractivity contribution in [3.63, 3.8) is 0 Å². The Morgan fingerprint density at radius 2 is 1.81 bits per heavy atom. The number of rotatable bonds is 8. The SMILES string of the molecule is CC(=O)Nc1ccc(-c2csc3nc(NC(=O)CCCOc4ccc(C)cc4)nn23)cc1. The molecule has 0 saturated heterocycles. The van der Waals surface area contributed by atoms with Gasteiger partial charge in [-0.1, -0.05) is 29.8 Å². The van der Waals surface area contributed by atoms with Gasteiger partial charge in [-0.15, -0.1) is 16.4 Å². The first kappa shape index (κ1) is 21.5. The molecule has 0 bridgehead atoms. The normalized spacial score (nSPS) is 10.8. The molecule has 0 atom stereocenters. The summed E-state index contributed by atoms with van der Waals surface area (Å²) in [5.74, 6) is 0.799. The van der Waals surface area contributed by atoms with Crippen molar-refractivity contribution < 1.29 is 14.3 Å². The second-order valence-corrected chi connectivity index (χ2v) is 8.16. The third-order valence-corrected chi connectivity index (χ3v) is 5.49. The molecule has 2 aromatic heterocycles. The molecule has 2 heterocycles. The molecular formula is C23H23N5O3S. The van der Waals surface area contributed by atoms with E-state index in [2.05, 4.69) is 20.7 Å². The van der Waals surface area contributed by atoms with Gasteiger partial charge in [-0.05, 0) is 37.6 Å². The first-order valence-electron chi connectivity index (χ1n) is 10.2. The molecule has 0 unspecified atom stereocenters. The summed E-state index contributed by atoms with van der Waals surface area (Å²) >= 11 is 1.44. The molecule has 164 valence electrons. The van der Waals surface area contributed by atoms with Crippen LogP contribution in [0.2, 0.25) is 0 Å². The summed E-state index contributed by atoms with van der Waals surface area (Å²) in [7, 11) is 0. The third kappa shape index (κ3) is 5.30. The lowest BCUT2D eigenvalue weighted by Gasteiger charge is -2.06. The first-order valence-corrected chi connectivity index (χ1v) is 11.1. The van der Waals surface area contributed by atoms with Crippen LogP contribution < -0.4 is 15.4 Å². The second kappa shape index (κ2) is 9.61. The number of benzene rings is 2. The van der Waals surface area contributed by atoms with E-state index in [4.69, 9.17) is 4.74 Å². The highest BCUT2D eigenvalue weighted by Gasteiger charge is 2.13. The molecule has 2 N–H and O–H groups in total. The molecule has 0 aliphatic heterocycles. The van der Waals surface area contributed by atoms with Gasteiger partial charge in [-0.2, -0.15) is 4.98 Å². The fourth-order valence-electron chi connectivity index (χ4n) is 3.10. The molecule has 4 aromatic rings. The van der Waals surface area contributed by atoms with Gasteiger partial charge in [0.25, 0.3) is 0 Å². The number of nitrogens with one attached hydrogen (secondary N) is 2. The highest BCUT2D eigenvalue weighted by atomic mass is 32.1. The van der Waals surface area contributed by atoms with Gasteiger partial charge >= 0.3 is 0 Å². The fraction of sp³-hybridized carbons (Fsp3) is 0.217. The molecule has 0 saturated carbocycles. The molecule has 0 spiro atoms. The maximum Gasteiger partial charge on any atom is 0.250 e. The summed E-state index contributed by atoms with van der Waals surface area (Å²) in [5.41, 5.74) is 3.69. The number of carbonyl (C=O) groups is 2. The molecule has 2 aromatic carbocycles. The van der Waals surface area contributed by atoms with Crippen molar-refractivity contribution in [1.82, 2.24) is 14.6 Å². The smallest absolute Gasteiger partial charge is 0.250 e. The van der Waals surface area contributed by atoms with Crippen LogP contribution in [-0.2, 0) is 9.59 Å². The quantitative estimate of drug-likeness (QED) is 0.386. The van der Waals surface area contributed by atoms with E-state index in [1.807, 2.05) is 60.8 Å². The lowest BCUT2D eigenvalue weighted by molar-refractivity contribution is -0.116. The number of carbonyl (C=O) groups excluding carboxylic acids is 2. The number of fused-ring (bicyclic) bond motifs is 1. The lowest BCUT2D eigenvalue weighted by Crippen LogP contribution is -2.14. The zero-order valence-corrected chi connectivity index (χ0v) is 18.6. The van der Waals surface area contributed by atoms with Gasteiger partial charge < -0.3 is 10.1 Å². The first-order chi connectivity index (χ1) is 15.5. The van der Waals surface area contributed by atoms with Crippen LogP contribution in [0.4, 0.5) is 11.6 Å². The second-order valence-electron chi connectivity index (χ2n) is 7.32. The molecule has 0 aliphatic carbocycles. The van der Waals surface area contributed by atoms with Gasteiger partial charge in [-0.25, -0.2) is 4.52 Å². The molecule has 0 fully saturated rings. The van der Waals surface area contributed by atoms with Crippen LogP contribution in [0.1, 0.15) is 25.3 Å². The highest BCUT2D eigenvalue weighted by Crippen LogP contribution is 2.27. The number of aromatic nitrogens is 3. The van der Waals surface area contributed by atoms with Crippen molar-refractivity contribution in [1.29, 1.82) is 0 Å². The Kier molecular flexibility index (Phi) is 6.46. The number of thiazole rings is 1. The van der Waals surface area contributed by atoms with Gasteiger partial charge in [0.05, 0.1) is 12.3 Å². The van der Waals surface area contributed by atoms with E-state index in [9.17, 15) is 9.59 Å². The zero-order chi connectivity index (χ0) is 22.5. The van der Waals surface area contributed by atoms with Gasteiger partial charge in [0.1, 0.15) is 5.75 Å². The molecule has 0 aliphatic rings.